The molecule has 0 aromatic heterocycles. The minimum absolute atomic E-state index is 0.312. The molecule has 86 valence electrons. The maximum atomic E-state index is 5.07. The molecule has 1 aromatic carbocycles. The molecule has 2 N–H and O–H groups in total. The van der Waals surface area contributed by atoms with Crippen LogP contribution in [0.15, 0.2) is 35.4 Å². The van der Waals surface area contributed by atoms with Gasteiger partial charge in [0, 0.05) is 6.04 Å². The van der Waals surface area contributed by atoms with Crippen LogP contribution < -0.4 is 10.7 Å². The minimum Gasteiger partial charge on any atom is -0.359 e. The molecular weight excluding hydrogens is 218 g/mol. The van der Waals surface area contributed by atoms with Gasteiger partial charge in [-0.15, -0.1) is 0 Å². The number of hydrogen-bond acceptors (Lipinski definition) is 2. The highest BCUT2D eigenvalue weighted by Crippen LogP contribution is 1.99. The van der Waals surface area contributed by atoms with E-state index in [1.54, 1.807) is 0 Å². The van der Waals surface area contributed by atoms with E-state index < -0.39 is 0 Å². The van der Waals surface area contributed by atoms with Crippen molar-refractivity contribution in [3.63, 3.8) is 0 Å². The minimum atomic E-state index is 0.312. The van der Waals surface area contributed by atoms with E-state index in [9.17, 15) is 0 Å². The molecule has 0 saturated heterocycles. The van der Waals surface area contributed by atoms with Crippen molar-refractivity contribution in [3.05, 3.63) is 35.9 Å². The number of nitrogens with one attached hydrogen (secondary N) is 2. The zero-order valence-electron chi connectivity index (χ0n) is 9.82. The molecule has 0 heterocycles. The molecule has 1 aromatic rings. The molecule has 0 radical (unpaired) electrons. The molecule has 0 aliphatic heterocycles. The van der Waals surface area contributed by atoms with Crippen LogP contribution in [0.3, 0.4) is 0 Å². The lowest BCUT2D eigenvalue weighted by Gasteiger charge is -2.10. The summed E-state index contributed by atoms with van der Waals surface area (Å²) in [6, 6.07) is 10.3. The first-order chi connectivity index (χ1) is 7.59. The van der Waals surface area contributed by atoms with Crippen LogP contribution in [0.2, 0.25) is 0 Å². The average molecular weight is 235 g/mol. The van der Waals surface area contributed by atoms with E-state index in [1.165, 1.54) is 0 Å². The Morgan fingerprint density at radius 2 is 1.88 bits per heavy atom. The normalized spacial score (nSPS) is 11.4. The Labute approximate surface area is 102 Å². The molecule has 0 spiro atoms. The first kappa shape index (κ1) is 12.6. The first-order valence-electron chi connectivity index (χ1n) is 5.26. The molecule has 16 heavy (non-hydrogen) atoms. The molecule has 0 amide bonds. The van der Waals surface area contributed by atoms with E-state index in [2.05, 4.69) is 15.8 Å². The first-order valence-corrected chi connectivity index (χ1v) is 5.66. The van der Waals surface area contributed by atoms with Gasteiger partial charge in [-0.1, -0.05) is 30.3 Å². The summed E-state index contributed by atoms with van der Waals surface area (Å²) in [5, 5.41) is 7.82. The maximum Gasteiger partial charge on any atom is 0.187 e. The smallest absolute Gasteiger partial charge is 0.187 e. The summed E-state index contributed by atoms with van der Waals surface area (Å²) in [5.41, 5.74) is 4.82. The molecular formula is C12H17N3S. The van der Waals surface area contributed by atoms with Crippen LogP contribution in [0.25, 0.3) is 0 Å². The lowest BCUT2D eigenvalue weighted by atomic mass is 10.1. The molecule has 0 aliphatic carbocycles. The lowest BCUT2D eigenvalue weighted by Crippen LogP contribution is -2.37. The fourth-order valence-corrected chi connectivity index (χ4v) is 1.45. The van der Waals surface area contributed by atoms with E-state index in [0.29, 0.717) is 11.2 Å². The number of thiocarbonyl (C=S) groups is 1. The molecule has 0 saturated carbocycles. The second-order valence-corrected chi connectivity index (χ2v) is 4.21. The summed E-state index contributed by atoms with van der Waals surface area (Å²) in [5.74, 6) is 0. The van der Waals surface area contributed by atoms with Crippen molar-refractivity contribution < 1.29 is 0 Å². The summed E-state index contributed by atoms with van der Waals surface area (Å²) in [4.78, 5) is 0. The van der Waals surface area contributed by atoms with Gasteiger partial charge < -0.3 is 5.32 Å². The molecule has 1 rings (SSSR count). The Bertz CT molecular complexity index is 371. The van der Waals surface area contributed by atoms with Crippen LogP contribution in [0, 0.1) is 0 Å². The van der Waals surface area contributed by atoms with Crippen LogP contribution in [0.1, 0.15) is 26.3 Å². The van der Waals surface area contributed by atoms with Gasteiger partial charge in [0.25, 0.3) is 0 Å². The number of benzene rings is 1. The third kappa shape index (κ3) is 4.40. The highest BCUT2D eigenvalue weighted by atomic mass is 32.1. The summed E-state index contributed by atoms with van der Waals surface area (Å²) >= 11 is 5.07. The van der Waals surface area contributed by atoms with Gasteiger partial charge in [0.15, 0.2) is 5.11 Å². The van der Waals surface area contributed by atoms with Gasteiger partial charge in [0.1, 0.15) is 0 Å². The lowest BCUT2D eigenvalue weighted by molar-refractivity contribution is 0.719. The van der Waals surface area contributed by atoms with Gasteiger partial charge in [0.05, 0.1) is 5.71 Å². The summed E-state index contributed by atoms with van der Waals surface area (Å²) in [7, 11) is 0. The maximum absolute atomic E-state index is 5.07. The van der Waals surface area contributed by atoms with Crippen LogP contribution in [-0.4, -0.2) is 16.9 Å². The fourth-order valence-electron chi connectivity index (χ4n) is 1.17. The van der Waals surface area contributed by atoms with Crippen LogP contribution >= 0.6 is 12.2 Å². The van der Waals surface area contributed by atoms with Gasteiger partial charge in [-0.2, -0.15) is 5.10 Å². The second-order valence-electron chi connectivity index (χ2n) is 3.80. The van der Waals surface area contributed by atoms with Gasteiger partial charge in [-0.05, 0) is 38.6 Å². The SMILES string of the molecule is C/C(=N/NC(=S)NC(C)C)c1ccccc1. The number of hydrogen-bond donors (Lipinski definition) is 2. The van der Waals surface area contributed by atoms with E-state index in [0.717, 1.165) is 11.3 Å². The van der Waals surface area contributed by atoms with Crippen molar-refractivity contribution in [3.8, 4) is 0 Å². The molecule has 4 heteroatoms. The van der Waals surface area contributed by atoms with Gasteiger partial charge in [-0.25, -0.2) is 0 Å². The third-order valence-corrected chi connectivity index (χ3v) is 2.15. The Morgan fingerprint density at radius 1 is 1.25 bits per heavy atom. The standard InChI is InChI=1S/C12H17N3S/c1-9(2)13-12(16)15-14-10(3)11-7-5-4-6-8-11/h4-9H,1-3H3,(H2,13,15,16)/b14-10-. The average Bonchev–Trinajstić information content (AvgIpc) is 2.26. The Balaban J connectivity index is 2.55. The quantitative estimate of drug-likeness (QED) is 0.479. The van der Waals surface area contributed by atoms with E-state index in [4.69, 9.17) is 12.2 Å². The van der Waals surface area contributed by atoms with Gasteiger partial charge in [0.2, 0.25) is 0 Å². The van der Waals surface area contributed by atoms with Crippen molar-refractivity contribution in [1.82, 2.24) is 10.7 Å². The largest absolute Gasteiger partial charge is 0.359 e. The molecule has 0 bridgehead atoms. The molecule has 0 fully saturated rings. The van der Waals surface area contributed by atoms with E-state index >= 15 is 0 Å². The molecule has 0 atom stereocenters. The van der Waals surface area contributed by atoms with Crippen molar-refractivity contribution in [2.24, 2.45) is 5.10 Å². The van der Waals surface area contributed by atoms with E-state index in [1.807, 2.05) is 51.1 Å². The second kappa shape index (κ2) is 6.23. The summed E-state index contributed by atoms with van der Waals surface area (Å²) < 4.78 is 0. The summed E-state index contributed by atoms with van der Waals surface area (Å²) in [6.45, 7) is 6.00. The van der Waals surface area contributed by atoms with Crippen molar-refractivity contribution >= 4 is 23.0 Å². The van der Waals surface area contributed by atoms with Crippen molar-refractivity contribution in [2.75, 3.05) is 0 Å². The predicted octanol–water partition coefficient (Wildman–Crippen LogP) is 2.28. The van der Waals surface area contributed by atoms with Gasteiger partial charge >= 0.3 is 0 Å². The third-order valence-electron chi connectivity index (χ3n) is 1.94. The van der Waals surface area contributed by atoms with Crippen LogP contribution in [0.5, 0.6) is 0 Å². The highest BCUT2D eigenvalue weighted by molar-refractivity contribution is 7.80. The number of nitrogens with zero attached hydrogens (tertiary/aromatic N) is 1. The highest BCUT2D eigenvalue weighted by Gasteiger charge is 1.98. The molecule has 0 aliphatic rings. The predicted molar refractivity (Wildman–Crippen MR) is 72.7 cm³/mol. The zero-order valence-corrected chi connectivity index (χ0v) is 10.6. The zero-order chi connectivity index (χ0) is 12.0. The monoisotopic (exact) mass is 235 g/mol. The van der Waals surface area contributed by atoms with Crippen LogP contribution in [-0.2, 0) is 0 Å². The van der Waals surface area contributed by atoms with Gasteiger partial charge in [-0.3, -0.25) is 5.43 Å². The topological polar surface area (TPSA) is 36.4 Å². The Hall–Kier alpha value is -1.42. The van der Waals surface area contributed by atoms with E-state index in [-0.39, 0.29) is 0 Å². The summed E-state index contributed by atoms with van der Waals surface area (Å²) in [6.07, 6.45) is 0. The molecule has 0 unspecified atom stereocenters. The van der Waals surface area contributed by atoms with Crippen molar-refractivity contribution in [2.45, 2.75) is 26.8 Å². The van der Waals surface area contributed by atoms with Crippen molar-refractivity contribution in [1.29, 1.82) is 0 Å². The number of rotatable bonds is 3. The Morgan fingerprint density at radius 3 is 2.44 bits per heavy atom. The number of hydrazone groups is 1. The fraction of sp³-hybridized carbons (Fsp3) is 0.333. The molecule has 3 nitrogen and oxygen atoms in total. The van der Waals surface area contributed by atoms with Crippen LogP contribution in [0.4, 0.5) is 0 Å². The Kier molecular flexibility index (Phi) is 4.92.